The van der Waals surface area contributed by atoms with Gasteiger partial charge in [-0.1, -0.05) is 0 Å². The van der Waals surface area contributed by atoms with Crippen LogP contribution in [0.1, 0.15) is 5.56 Å². The second-order valence-electron chi connectivity index (χ2n) is 5.88. The molecule has 138 valence electrons. The van der Waals surface area contributed by atoms with Crippen LogP contribution in [-0.4, -0.2) is 47.2 Å². The van der Waals surface area contributed by atoms with Crippen LogP contribution in [0.2, 0.25) is 0 Å². The van der Waals surface area contributed by atoms with E-state index in [0.717, 1.165) is 17.8 Å². The van der Waals surface area contributed by atoms with E-state index in [4.69, 9.17) is 0 Å². The summed E-state index contributed by atoms with van der Waals surface area (Å²) in [5, 5.41) is 12.1. The second-order valence-corrected chi connectivity index (χ2v) is 5.88. The summed E-state index contributed by atoms with van der Waals surface area (Å²) in [6, 6.07) is 5.57. The summed E-state index contributed by atoms with van der Waals surface area (Å²) in [6.07, 6.45) is -1.42. The molecule has 1 aliphatic heterocycles. The normalized spacial score (nSPS) is 15.0. The van der Waals surface area contributed by atoms with E-state index in [1.807, 2.05) is 4.90 Å². The fourth-order valence-corrected chi connectivity index (χ4v) is 2.70. The molecule has 0 bridgehead atoms. The summed E-state index contributed by atoms with van der Waals surface area (Å²) in [5.41, 5.74) is 0.319. The van der Waals surface area contributed by atoms with Crippen molar-refractivity contribution in [1.29, 1.82) is 0 Å². The largest absolute Gasteiger partial charge is 0.506 e. The van der Waals surface area contributed by atoms with Crippen molar-refractivity contribution < 1.29 is 23.1 Å². The van der Waals surface area contributed by atoms with Crippen molar-refractivity contribution in [1.82, 2.24) is 9.88 Å². The quantitative estimate of drug-likeness (QED) is 0.857. The molecule has 1 saturated heterocycles. The van der Waals surface area contributed by atoms with Crippen LogP contribution in [0.5, 0.6) is 5.75 Å². The van der Waals surface area contributed by atoms with Crippen molar-refractivity contribution in [2.45, 2.75) is 6.18 Å². The number of carbonyl (C=O) groups excluding carboxylic acids is 1. The number of carbonyl (C=O) groups is 1. The molecule has 6 nitrogen and oxygen atoms in total. The molecular formula is C17H17F3N4O2. The first-order valence-corrected chi connectivity index (χ1v) is 7.95. The van der Waals surface area contributed by atoms with Gasteiger partial charge in [-0.25, -0.2) is 4.79 Å². The lowest BCUT2D eigenvalue weighted by molar-refractivity contribution is -0.137. The molecule has 1 aromatic heterocycles. The number of rotatable bonds is 2. The zero-order chi connectivity index (χ0) is 18.7. The monoisotopic (exact) mass is 366 g/mol. The number of piperazine rings is 1. The highest BCUT2D eigenvalue weighted by molar-refractivity contribution is 5.89. The van der Waals surface area contributed by atoms with Gasteiger partial charge in [0.25, 0.3) is 0 Å². The number of urea groups is 1. The Morgan fingerprint density at radius 1 is 1.08 bits per heavy atom. The van der Waals surface area contributed by atoms with Gasteiger partial charge in [-0.15, -0.1) is 0 Å². The molecule has 0 spiro atoms. The van der Waals surface area contributed by atoms with Crippen LogP contribution in [0.3, 0.4) is 0 Å². The second kappa shape index (κ2) is 7.11. The summed E-state index contributed by atoms with van der Waals surface area (Å²) < 4.78 is 37.7. The first-order chi connectivity index (χ1) is 12.3. The molecule has 9 heteroatoms. The lowest BCUT2D eigenvalue weighted by Gasteiger charge is -2.35. The van der Waals surface area contributed by atoms with Crippen LogP contribution in [0.25, 0.3) is 0 Å². The number of hydrogen-bond donors (Lipinski definition) is 2. The van der Waals surface area contributed by atoms with Gasteiger partial charge in [0.05, 0.1) is 23.6 Å². The Labute approximate surface area is 147 Å². The van der Waals surface area contributed by atoms with E-state index < -0.39 is 11.7 Å². The Morgan fingerprint density at radius 3 is 2.31 bits per heavy atom. The number of alkyl halides is 3. The van der Waals surface area contributed by atoms with Crippen molar-refractivity contribution in [2.75, 3.05) is 36.4 Å². The molecule has 0 aliphatic carbocycles. The van der Waals surface area contributed by atoms with Crippen LogP contribution in [-0.2, 0) is 6.18 Å². The molecule has 0 radical (unpaired) electrons. The van der Waals surface area contributed by atoms with Gasteiger partial charge in [0.2, 0.25) is 0 Å². The minimum atomic E-state index is -4.40. The minimum absolute atomic E-state index is 0.0741. The van der Waals surface area contributed by atoms with Crippen molar-refractivity contribution in [2.24, 2.45) is 0 Å². The average molecular weight is 366 g/mol. The van der Waals surface area contributed by atoms with Gasteiger partial charge < -0.3 is 20.2 Å². The standard InChI is InChI=1S/C17H17F3N4O2/c18-17(19,20)12-1-3-13(4-2-12)22-16(26)24-7-5-23(6-8-24)14-9-15(25)11-21-10-14/h1-4,9-11,25H,5-8H2,(H,22,26). The predicted molar refractivity (Wildman–Crippen MR) is 90.2 cm³/mol. The summed E-state index contributed by atoms with van der Waals surface area (Å²) in [6.45, 7) is 2.02. The van der Waals surface area contributed by atoms with Gasteiger partial charge >= 0.3 is 12.2 Å². The Balaban J connectivity index is 1.55. The Morgan fingerprint density at radius 2 is 1.73 bits per heavy atom. The summed E-state index contributed by atoms with van der Waals surface area (Å²) in [5.74, 6) is 0.0741. The maximum atomic E-state index is 12.6. The Bertz CT molecular complexity index is 772. The van der Waals surface area contributed by atoms with Gasteiger partial charge in [0.1, 0.15) is 5.75 Å². The molecule has 1 aromatic carbocycles. The number of benzene rings is 1. The number of aromatic hydroxyl groups is 1. The smallest absolute Gasteiger partial charge is 0.416 e. The van der Waals surface area contributed by atoms with Crippen LogP contribution in [0, 0.1) is 0 Å². The predicted octanol–water partition coefficient (Wildman–Crippen LogP) is 3.16. The van der Waals surface area contributed by atoms with Crippen molar-refractivity contribution in [3.63, 3.8) is 0 Å². The van der Waals surface area contributed by atoms with Crippen LogP contribution in [0.15, 0.2) is 42.7 Å². The first kappa shape index (κ1) is 17.8. The van der Waals surface area contributed by atoms with E-state index >= 15 is 0 Å². The maximum Gasteiger partial charge on any atom is 0.416 e. The highest BCUT2D eigenvalue weighted by atomic mass is 19.4. The zero-order valence-electron chi connectivity index (χ0n) is 13.7. The summed E-state index contributed by atoms with van der Waals surface area (Å²) >= 11 is 0. The third-order valence-electron chi connectivity index (χ3n) is 4.10. The fourth-order valence-electron chi connectivity index (χ4n) is 2.70. The molecule has 2 amide bonds. The van der Waals surface area contributed by atoms with E-state index in [9.17, 15) is 23.1 Å². The molecule has 2 N–H and O–H groups in total. The van der Waals surface area contributed by atoms with Crippen molar-refractivity contribution in [3.05, 3.63) is 48.3 Å². The molecular weight excluding hydrogens is 349 g/mol. The highest BCUT2D eigenvalue weighted by Crippen LogP contribution is 2.30. The first-order valence-electron chi connectivity index (χ1n) is 7.95. The van der Waals surface area contributed by atoms with E-state index in [1.165, 1.54) is 18.3 Å². The van der Waals surface area contributed by atoms with E-state index in [1.54, 1.807) is 17.2 Å². The summed E-state index contributed by atoms with van der Waals surface area (Å²) in [4.78, 5) is 19.8. The van der Waals surface area contributed by atoms with Gasteiger partial charge in [-0.05, 0) is 24.3 Å². The molecule has 2 aromatic rings. The highest BCUT2D eigenvalue weighted by Gasteiger charge is 2.30. The minimum Gasteiger partial charge on any atom is -0.506 e. The Kier molecular flexibility index (Phi) is 4.88. The number of amides is 2. The molecule has 0 unspecified atom stereocenters. The van der Waals surface area contributed by atoms with Crippen LogP contribution >= 0.6 is 0 Å². The number of anilines is 2. The number of nitrogens with zero attached hydrogens (tertiary/aromatic N) is 3. The molecule has 0 atom stereocenters. The van der Waals surface area contributed by atoms with E-state index in [0.29, 0.717) is 31.9 Å². The van der Waals surface area contributed by atoms with Gasteiger partial charge in [-0.3, -0.25) is 4.98 Å². The number of halogens is 3. The number of nitrogens with one attached hydrogen (secondary N) is 1. The number of hydrogen-bond acceptors (Lipinski definition) is 4. The molecule has 1 fully saturated rings. The van der Waals surface area contributed by atoms with E-state index in [-0.39, 0.29) is 11.8 Å². The van der Waals surface area contributed by atoms with Crippen molar-refractivity contribution in [3.8, 4) is 5.75 Å². The zero-order valence-corrected chi connectivity index (χ0v) is 13.7. The third kappa shape index (κ3) is 4.16. The third-order valence-corrected chi connectivity index (χ3v) is 4.10. The van der Waals surface area contributed by atoms with Gasteiger partial charge in [0.15, 0.2) is 0 Å². The number of aromatic nitrogens is 1. The fraction of sp³-hybridized carbons (Fsp3) is 0.294. The number of pyridine rings is 1. The molecule has 3 rings (SSSR count). The molecule has 26 heavy (non-hydrogen) atoms. The lowest BCUT2D eigenvalue weighted by atomic mass is 10.2. The Hall–Kier alpha value is -2.97. The van der Waals surface area contributed by atoms with Gasteiger partial charge in [0, 0.05) is 37.9 Å². The topological polar surface area (TPSA) is 68.7 Å². The lowest BCUT2D eigenvalue weighted by Crippen LogP contribution is -2.50. The maximum absolute atomic E-state index is 12.6. The molecule has 0 saturated carbocycles. The molecule has 2 heterocycles. The van der Waals surface area contributed by atoms with Crippen LogP contribution in [0.4, 0.5) is 29.3 Å². The van der Waals surface area contributed by atoms with Gasteiger partial charge in [-0.2, -0.15) is 13.2 Å². The summed E-state index contributed by atoms with van der Waals surface area (Å²) in [7, 11) is 0. The SMILES string of the molecule is O=C(Nc1ccc(C(F)(F)F)cc1)N1CCN(c2cncc(O)c2)CC1. The molecule has 1 aliphatic rings. The van der Waals surface area contributed by atoms with Crippen molar-refractivity contribution >= 4 is 17.4 Å². The van der Waals surface area contributed by atoms with E-state index in [2.05, 4.69) is 10.3 Å². The van der Waals surface area contributed by atoms with Crippen LogP contribution < -0.4 is 10.2 Å². The average Bonchev–Trinajstić information content (AvgIpc) is 2.61.